The van der Waals surface area contributed by atoms with Crippen molar-refractivity contribution in [3.8, 4) is 5.75 Å². The van der Waals surface area contributed by atoms with Crippen LogP contribution in [0.2, 0.25) is 0 Å². The molecule has 0 saturated carbocycles. The van der Waals surface area contributed by atoms with Crippen molar-refractivity contribution in [2.45, 2.75) is 43.5 Å². The van der Waals surface area contributed by atoms with E-state index in [9.17, 15) is 14.0 Å². The van der Waals surface area contributed by atoms with E-state index in [-0.39, 0.29) is 22.6 Å². The van der Waals surface area contributed by atoms with E-state index in [1.165, 1.54) is 23.9 Å². The molecule has 6 nitrogen and oxygen atoms in total. The number of fused-ring (bicyclic) bond motifs is 1. The van der Waals surface area contributed by atoms with Gasteiger partial charge in [0.1, 0.15) is 17.4 Å². The van der Waals surface area contributed by atoms with Crippen molar-refractivity contribution >= 4 is 23.4 Å². The van der Waals surface area contributed by atoms with Gasteiger partial charge >= 0.3 is 0 Å². The lowest BCUT2D eigenvalue weighted by Crippen LogP contribution is -2.37. The molecular weight excluding hydrogens is 465 g/mol. The van der Waals surface area contributed by atoms with Crippen LogP contribution in [0.25, 0.3) is 0 Å². The second-order valence-electron chi connectivity index (χ2n) is 9.68. The summed E-state index contributed by atoms with van der Waals surface area (Å²) in [6.07, 6.45) is 1.08. The number of methoxy groups -OCH3 is 1. The predicted octanol–water partition coefficient (Wildman–Crippen LogP) is 5.41. The second-order valence-corrected chi connectivity index (χ2v) is 10.6. The Hall–Kier alpha value is -3.39. The minimum Gasteiger partial charge on any atom is -0.496 e. The van der Waals surface area contributed by atoms with Crippen LogP contribution in [0.1, 0.15) is 49.3 Å². The number of rotatable bonds is 5. The highest BCUT2D eigenvalue weighted by Crippen LogP contribution is 2.49. The van der Waals surface area contributed by atoms with Crippen molar-refractivity contribution in [3.63, 3.8) is 0 Å². The number of nitrogens with zero attached hydrogens (tertiary/aromatic N) is 1. The molecule has 1 aliphatic carbocycles. The van der Waals surface area contributed by atoms with Crippen molar-refractivity contribution in [1.82, 2.24) is 9.97 Å². The third-order valence-corrected chi connectivity index (χ3v) is 7.38. The highest BCUT2D eigenvalue weighted by atomic mass is 32.2. The van der Waals surface area contributed by atoms with E-state index < -0.39 is 5.92 Å². The molecule has 0 spiro atoms. The normalized spacial score (nSPS) is 18.5. The average Bonchev–Trinajstić information content (AvgIpc) is 2.81. The van der Waals surface area contributed by atoms with Crippen LogP contribution in [0.3, 0.4) is 0 Å². The molecule has 1 aromatic heterocycles. The maximum absolute atomic E-state index is 13.5. The summed E-state index contributed by atoms with van der Waals surface area (Å²) < 4.78 is 18.8. The van der Waals surface area contributed by atoms with E-state index >= 15 is 0 Å². The van der Waals surface area contributed by atoms with Gasteiger partial charge in [-0.1, -0.05) is 55.9 Å². The number of aromatic amines is 1. The number of carbonyl (C=O) groups is 1. The van der Waals surface area contributed by atoms with Crippen LogP contribution in [-0.4, -0.2) is 22.9 Å². The third-order valence-electron chi connectivity index (χ3n) is 6.44. The number of halogens is 1. The molecule has 0 saturated heterocycles. The Kier molecular flexibility index (Phi) is 6.01. The van der Waals surface area contributed by atoms with Crippen LogP contribution in [0.5, 0.6) is 5.75 Å². The Balaban J connectivity index is 1.60. The molecule has 180 valence electrons. The van der Waals surface area contributed by atoms with E-state index in [0.717, 1.165) is 16.8 Å². The maximum Gasteiger partial charge on any atom is 0.257 e. The molecule has 0 unspecified atom stereocenters. The van der Waals surface area contributed by atoms with Gasteiger partial charge in [0.05, 0.1) is 18.6 Å². The number of hydrogen-bond acceptors (Lipinski definition) is 6. The molecule has 2 aliphatic rings. The van der Waals surface area contributed by atoms with Crippen LogP contribution in [-0.2, 0) is 10.5 Å². The molecule has 5 rings (SSSR count). The zero-order valence-corrected chi connectivity index (χ0v) is 20.6. The number of para-hydroxylation sites is 1. The SMILES string of the molecule is COc1ccccc1[C@@H]1C2=C(CC(C)(C)CC2=O)Nc2nc(SCc3ccc(F)cc3)[nH]c(=O)c21. The summed E-state index contributed by atoms with van der Waals surface area (Å²) in [5.41, 5.74) is 3.01. The van der Waals surface area contributed by atoms with Gasteiger partial charge in [0.25, 0.3) is 5.56 Å². The van der Waals surface area contributed by atoms with Crippen LogP contribution in [0.15, 0.2) is 69.8 Å². The number of allylic oxidation sites excluding steroid dienone is 2. The molecule has 0 fully saturated rings. The van der Waals surface area contributed by atoms with Gasteiger partial charge in [0, 0.05) is 29.0 Å². The van der Waals surface area contributed by atoms with Crippen LogP contribution < -0.4 is 15.6 Å². The minimum absolute atomic E-state index is 0.0273. The standard InChI is InChI=1S/C27H26FN3O3S/c1-27(2)12-18-22(19(32)13-27)21(17-6-4-5-7-20(17)34-3)23-24(29-18)30-26(31-25(23)33)35-14-15-8-10-16(28)11-9-15/h4-11,21H,12-14H2,1-3H3,(H2,29,30,31,33)/t21-/m1/s1. The van der Waals surface area contributed by atoms with Gasteiger partial charge in [0.15, 0.2) is 10.9 Å². The zero-order chi connectivity index (χ0) is 24.7. The first-order valence-electron chi connectivity index (χ1n) is 11.4. The van der Waals surface area contributed by atoms with Gasteiger partial charge in [-0.15, -0.1) is 0 Å². The second kappa shape index (κ2) is 9.00. The van der Waals surface area contributed by atoms with Crippen molar-refractivity contribution in [1.29, 1.82) is 0 Å². The maximum atomic E-state index is 13.5. The van der Waals surface area contributed by atoms with E-state index in [1.54, 1.807) is 19.2 Å². The van der Waals surface area contributed by atoms with Gasteiger partial charge in [-0.3, -0.25) is 9.59 Å². The highest BCUT2D eigenvalue weighted by Gasteiger charge is 2.43. The molecule has 1 aliphatic heterocycles. The first-order valence-corrected chi connectivity index (χ1v) is 12.4. The number of nitrogens with one attached hydrogen (secondary N) is 2. The van der Waals surface area contributed by atoms with E-state index in [2.05, 4.69) is 24.1 Å². The lowest BCUT2D eigenvalue weighted by Gasteiger charge is -2.38. The van der Waals surface area contributed by atoms with Crippen molar-refractivity contribution in [3.05, 3.63) is 92.7 Å². The number of Topliss-reactive ketones (excluding diaryl/α,β-unsaturated/α-hetero) is 1. The number of hydrogen-bond donors (Lipinski definition) is 2. The Labute approximate surface area is 207 Å². The first kappa shape index (κ1) is 23.4. The quantitative estimate of drug-likeness (QED) is 0.367. The number of benzene rings is 2. The first-order chi connectivity index (χ1) is 16.8. The fourth-order valence-corrected chi connectivity index (χ4v) is 5.73. The molecule has 3 aromatic rings. The monoisotopic (exact) mass is 491 g/mol. The van der Waals surface area contributed by atoms with Gasteiger partial charge in [-0.05, 0) is 35.6 Å². The third kappa shape index (κ3) is 4.50. The number of aromatic nitrogens is 2. The fourth-order valence-electron chi connectivity index (χ4n) is 4.91. The minimum atomic E-state index is -0.576. The summed E-state index contributed by atoms with van der Waals surface area (Å²) in [7, 11) is 1.58. The Morgan fingerprint density at radius 3 is 2.60 bits per heavy atom. The van der Waals surface area contributed by atoms with Gasteiger partial charge < -0.3 is 15.0 Å². The zero-order valence-electron chi connectivity index (χ0n) is 19.8. The number of ether oxygens (including phenoxy) is 1. The molecule has 8 heteroatoms. The molecule has 35 heavy (non-hydrogen) atoms. The Morgan fingerprint density at radius 1 is 1.11 bits per heavy atom. The molecule has 0 amide bonds. The van der Waals surface area contributed by atoms with Crippen LogP contribution >= 0.6 is 11.8 Å². The summed E-state index contributed by atoms with van der Waals surface area (Å²) in [4.78, 5) is 34.5. The van der Waals surface area contributed by atoms with Crippen molar-refractivity contribution in [2.24, 2.45) is 5.41 Å². The largest absolute Gasteiger partial charge is 0.496 e. The summed E-state index contributed by atoms with van der Waals surface area (Å²) in [6, 6.07) is 13.7. The fraction of sp³-hybridized carbons (Fsp3) is 0.296. The lowest BCUT2D eigenvalue weighted by molar-refractivity contribution is -0.118. The molecule has 2 N–H and O–H groups in total. The predicted molar refractivity (Wildman–Crippen MR) is 134 cm³/mol. The van der Waals surface area contributed by atoms with Gasteiger partial charge in [-0.2, -0.15) is 0 Å². The number of H-pyrrole nitrogens is 1. The molecule has 2 heterocycles. The number of anilines is 1. The van der Waals surface area contributed by atoms with Crippen molar-refractivity contribution < 1.29 is 13.9 Å². The Bertz CT molecular complexity index is 1400. The van der Waals surface area contributed by atoms with E-state index in [4.69, 9.17) is 9.72 Å². The summed E-state index contributed by atoms with van der Waals surface area (Å²) in [5, 5.41) is 3.79. The van der Waals surface area contributed by atoms with E-state index in [1.807, 2.05) is 24.3 Å². The molecular formula is C27H26FN3O3S. The van der Waals surface area contributed by atoms with Gasteiger partial charge in [-0.25, -0.2) is 9.37 Å². The number of carbonyl (C=O) groups excluding carboxylic acids is 1. The summed E-state index contributed by atoms with van der Waals surface area (Å²) >= 11 is 1.36. The number of thioether (sulfide) groups is 1. The highest BCUT2D eigenvalue weighted by molar-refractivity contribution is 7.98. The van der Waals surface area contributed by atoms with Crippen LogP contribution in [0.4, 0.5) is 10.2 Å². The molecule has 0 bridgehead atoms. The molecule has 0 radical (unpaired) electrons. The number of ketones is 1. The summed E-state index contributed by atoms with van der Waals surface area (Å²) in [6.45, 7) is 4.14. The molecule has 1 atom stereocenters. The van der Waals surface area contributed by atoms with E-state index in [0.29, 0.717) is 46.5 Å². The van der Waals surface area contributed by atoms with Crippen LogP contribution in [0, 0.1) is 11.2 Å². The molecule has 2 aromatic carbocycles. The van der Waals surface area contributed by atoms with Crippen molar-refractivity contribution in [2.75, 3.05) is 12.4 Å². The Morgan fingerprint density at radius 2 is 1.86 bits per heavy atom. The summed E-state index contributed by atoms with van der Waals surface area (Å²) in [5.74, 6) is 0.754. The topological polar surface area (TPSA) is 84.1 Å². The van der Waals surface area contributed by atoms with Gasteiger partial charge in [0.2, 0.25) is 0 Å². The average molecular weight is 492 g/mol. The lowest BCUT2D eigenvalue weighted by atomic mass is 9.69. The smallest absolute Gasteiger partial charge is 0.257 e.